The Labute approximate surface area is 221 Å². The van der Waals surface area contributed by atoms with Crippen molar-refractivity contribution in [3.8, 4) is 0 Å². The van der Waals surface area contributed by atoms with Gasteiger partial charge in [-0.25, -0.2) is 23.3 Å². The standard InChI is InChI=1S/C26H30N4O5S2/c1-15-5-8-20(13-16(15)2)30-24(32)23-17(3)18(4)36-25(23)29(26(30)33)14-22(31)28-12-11-19-6-9-21(10-7-19)37(27,34)35/h5-10,13,23,25H,11-12,14H2,1-4H3,(H,28,31)(H2,27,34,35). The van der Waals surface area contributed by atoms with E-state index in [2.05, 4.69) is 5.32 Å². The summed E-state index contributed by atoms with van der Waals surface area (Å²) in [5.41, 5.74) is 4.25. The van der Waals surface area contributed by atoms with Crippen molar-refractivity contribution in [3.63, 3.8) is 0 Å². The van der Waals surface area contributed by atoms with Crippen molar-refractivity contribution in [2.24, 2.45) is 11.1 Å². The van der Waals surface area contributed by atoms with Crippen molar-refractivity contribution in [2.75, 3.05) is 18.0 Å². The molecule has 0 saturated carbocycles. The van der Waals surface area contributed by atoms with Crippen LogP contribution >= 0.6 is 11.8 Å². The van der Waals surface area contributed by atoms with Crippen LogP contribution in [-0.4, -0.2) is 49.6 Å². The van der Waals surface area contributed by atoms with Crippen molar-refractivity contribution in [1.29, 1.82) is 0 Å². The summed E-state index contributed by atoms with van der Waals surface area (Å²) in [6, 6.07) is 11.1. The van der Waals surface area contributed by atoms with Gasteiger partial charge in [-0.2, -0.15) is 0 Å². The number of carbonyl (C=O) groups excluding carboxylic acids is 3. The highest BCUT2D eigenvalue weighted by Crippen LogP contribution is 2.47. The Morgan fingerprint density at radius 2 is 1.70 bits per heavy atom. The van der Waals surface area contributed by atoms with Crippen LogP contribution in [0.2, 0.25) is 0 Å². The molecule has 0 aliphatic carbocycles. The first kappa shape index (κ1) is 26.9. The topological polar surface area (TPSA) is 130 Å². The third-order valence-electron chi connectivity index (χ3n) is 6.89. The molecule has 2 unspecified atom stereocenters. The van der Waals surface area contributed by atoms with E-state index in [1.54, 1.807) is 18.2 Å². The lowest BCUT2D eigenvalue weighted by Gasteiger charge is -2.41. The number of benzene rings is 2. The number of thioether (sulfide) groups is 1. The molecule has 0 aromatic heterocycles. The number of fused-ring (bicyclic) bond motifs is 1. The van der Waals surface area contributed by atoms with Gasteiger partial charge in [0, 0.05) is 6.54 Å². The van der Waals surface area contributed by atoms with Crippen LogP contribution in [0.25, 0.3) is 0 Å². The summed E-state index contributed by atoms with van der Waals surface area (Å²) < 4.78 is 22.8. The number of carbonyl (C=O) groups is 3. The van der Waals surface area contributed by atoms with Gasteiger partial charge in [-0.05, 0) is 85.5 Å². The smallest absolute Gasteiger partial charge is 0.332 e. The fourth-order valence-electron chi connectivity index (χ4n) is 4.46. The van der Waals surface area contributed by atoms with Crippen LogP contribution in [0.15, 0.2) is 57.8 Å². The van der Waals surface area contributed by atoms with Gasteiger partial charge in [0.15, 0.2) is 0 Å². The van der Waals surface area contributed by atoms with Crippen LogP contribution in [0.4, 0.5) is 10.5 Å². The maximum atomic E-state index is 13.6. The number of allylic oxidation sites excluding steroid dienone is 1. The molecule has 37 heavy (non-hydrogen) atoms. The molecule has 2 aromatic carbocycles. The van der Waals surface area contributed by atoms with E-state index in [1.807, 2.05) is 39.8 Å². The highest BCUT2D eigenvalue weighted by Gasteiger charge is 2.51. The molecule has 9 nitrogen and oxygen atoms in total. The van der Waals surface area contributed by atoms with Crippen LogP contribution in [0.3, 0.4) is 0 Å². The van der Waals surface area contributed by atoms with Crippen LogP contribution < -0.4 is 15.4 Å². The molecule has 0 radical (unpaired) electrons. The van der Waals surface area contributed by atoms with E-state index < -0.39 is 27.3 Å². The Balaban J connectivity index is 1.48. The highest BCUT2D eigenvalue weighted by atomic mass is 32.2. The van der Waals surface area contributed by atoms with E-state index in [0.29, 0.717) is 18.7 Å². The lowest BCUT2D eigenvalue weighted by atomic mass is 9.95. The van der Waals surface area contributed by atoms with Crippen LogP contribution in [0.5, 0.6) is 0 Å². The van der Waals surface area contributed by atoms with Crippen LogP contribution in [0.1, 0.15) is 30.5 Å². The van der Waals surface area contributed by atoms with E-state index in [0.717, 1.165) is 27.2 Å². The average Bonchev–Trinajstić information content (AvgIpc) is 3.13. The fraction of sp³-hybridized carbons (Fsp3) is 0.346. The van der Waals surface area contributed by atoms with Gasteiger partial charge in [0.25, 0.3) is 0 Å². The number of anilines is 1. The van der Waals surface area contributed by atoms with Crippen molar-refractivity contribution in [3.05, 3.63) is 69.6 Å². The number of urea groups is 1. The predicted octanol–water partition coefficient (Wildman–Crippen LogP) is 3.06. The van der Waals surface area contributed by atoms with Crippen molar-refractivity contribution in [2.45, 2.75) is 44.4 Å². The van der Waals surface area contributed by atoms with Crippen LogP contribution in [-0.2, 0) is 26.0 Å². The first-order valence-corrected chi connectivity index (χ1v) is 14.3. The lowest BCUT2D eigenvalue weighted by molar-refractivity contribution is -0.126. The highest BCUT2D eigenvalue weighted by molar-refractivity contribution is 8.03. The van der Waals surface area contributed by atoms with Gasteiger partial charge in [0.1, 0.15) is 6.54 Å². The number of hydrogen-bond acceptors (Lipinski definition) is 6. The van der Waals surface area contributed by atoms with E-state index in [4.69, 9.17) is 5.14 Å². The summed E-state index contributed by atoms with van der Waals surface area (Å²) in [6.07, 6.45) is 0.471. The molecule has 4 amide bonds. The largest absolute Gasteiger partial charge is 0.354 e. The molecule has 1 saturated heterocycles. The van der Waals surface area contributed by atoms with Gasteiger partial charge in [0.05, 0.1) is 21.9 Å². The number of rotatable bonds is 7. The minimum absolute atomic E-state index is 0.0228. The molecular weight excluding hydrogens is 512 g/mol. The molecule has 2 aliphatic heterocycles. The maximum absolute atomic E-state index is 13.6. The van der Waals surface area contributed by atoms with Gasteiger partial charge >= 0.3 is 6.03 Å². The van der Waals surface area contributed by atoms with Crippen LogP contribution in [0, 0.1) is 19.8 Å². The lowest BCUT2D eigenvalue weighted by Crippen LogP contribution is -2.62. The molecule has 196 valence electrons. The zero-order valence-electron chi connectivity index (χ0n) is 21.1. The SMILES string of the molecule is CC1=C(C)C2C(=O)N(c3ccc(C)c(C)c3)C(=O)N(CC(=O)NCCc3ccc(S(N)(=O)=O)cc3)C2S1. The first-order chi connectivity index (χ1) is 17.4. The number of primary sulfonamides is 1. The number of amides is 4. The van der Waals surface area contributed by atoms with Gasteiger partial charge in [-0.3, -0.25) is 9.59 Å². The quantitative estimate of drug-likeness (QED) is 0.553. The Morgan fingerprint density at radius 1 is 1.03 bits per heavy atom. The Morgan fingerprint density at radius 3 is 2.32 bits per heavy atom. The molecule has 2 heterocycles. The number of imide groups is 1. The first-order valence-electron chi connectivity index (χ1n) is 11.8. The zero-order chi connectivity index (χ0) is 27.1. The second-order valence-electron chi connectivity index (χ2n) is 9.37. The summed E-state index contributed by atoms with van der Waals surface area (Å²) in [6.45, 7) is 7.83. The Kier molecular flexibility index (Phi) is 7.50. The second kappa shape index (κ2) is 10.3. The summed E-state index contributed by atoms with van der Waals surface area (Å²) in [5, 5.41) is 7.48. The molecular formula is C26H30N4O5S2. The third kappa shape index (κ3) is 5.43. The third-order valence-corrected chi connectivity index (χ3v) is 9.26. The fourth-order valence-corrected chi connectivity index (χ4v) is 6.40. The molecule has 3 N–H and O–H groups in total. The van der Waals surface area contributed by atoms with E-state index in [9.17, 15) is 22.8 Å². The number of nitrogens with one attached hydrogen (secondary N) is 1. The summed E-state index contributed by atoms with van der Waals surface area (Å²) >= 11 is 1.44. The molecule has 2 aromatic rings. The number of hydrogen-bond donors (Lipinski definition) is 2. The minimum Gasteiger partial charge on any atom is -0.354 e. The minimum atomic E-state index is -3.76. The summed E-state index contributed by atoms with van der Waals surface area (Å²) in [5.74, 6) is -1.14. The maximum Gasteiger partial charge on any atom is 0.332 e. The second-order valence-corrected chi connectivity index (χ2v) is 12.3. The Bertz CT molecular complexity index is 1400. The van der Waals surface area contributed by atoms with Gasteiger partial charge in [0.2, 0.25) is 21.8 Å². The zero-order valence-corrected chi connectivity index (χ0v) is 22.8. The monoisotopic (exact) mass is 542 g/mol. The molecule has 2 aliphatic rings. The summed E-state index contributed by atoms with van der Waals surface area (Å²) in [4.78, 5) is 43.6. The molecule has 2 atom stereocenters. The van der Waals surface area contributed by atoms with Gasteiger partial charge < -0.3 is 10.2 Å². The van der Waals surface area contributed by atoms with E-state index in [-0.39, 0.29) is 23.3 Å². The summed E-state index contributed by atoms with van der Waals surface area (Å²) in [7, 11) is -3.76. The molecule has 4 rings (SSSR count). The molecule has 11 heteroatoms. The molecule has 0 bridgehead atoms. The number of nitrogens with zero attached hydrogens (tertiary/aromatic N) is 2. The van der Waals surface area contributed by atoms with E-state index >= 15 is 0 Å². The van der Waals surface area contributed by atoms with E-state index in [1.165, 1.54) is 33.7 Å². The molecule has 1 fully saturated rings. The Hall–Kier alpha value is -3.15. The predicted molar refractivity (Wildman–Crippen MR) is 143 cm³/mol. The normalized spacial score (nSPS) is 19.9. The van der Waals surface area contributed by atoms with Gasteiger partial charge in [-0.1, -0.05) is 18.2 Å². The number of sulfonamides is 1. The van der Waals surface area contributed by atoms with Gasteiger partial charge in [-0.15, -0.1) is 11.8 Å². The average molecular weight is 543 g/mol. The van der Waals surface area contributed by atoms with Crippen molar-refractivity contribution in [1.82, 2.24) is 10.2 Å². The molecule has 0 spiro atoms. The number of nitrogens with two attached hydrogens (primary N) is 1. The van der Waals surface area contributed by atoms with Crippen molar-refractivity contribution >= 4 is 45.3 Å². The number of aryl methyl sites for hydroxylation is 2. The van der Waals surface area contributed by atoms with Crippen molar-refractivity contribution < 1.29 is 22.8 Å².